The first-order valence-corrected chi connectivity index (χ1v) is 2.71. The van der Waals surface area contributed by atoms with E-state index in [0.717, 1.165) is 0 Å². The van der Waals surface area contributed by atoms with Crippen molar-refractivity contribution in [2.45, 2.75) is 6.42 Å². The summed E-state index contributed by atoms with van der Waals surface area (Å²) in [6.07, 6.45) is 4.32. The summed E-state index contributed by atoms with van der Waals surface area (Å²) in [5, 5.41) is 8.90. The average Bonchev–Trinajstić information content (AvgIpc) is 2.09. The molecule has 2 bridgehead atoms. The molecule has 3 nitrogen and oxygen atoms in total. The first-order chi connectivity index (χ1) is 4.36. The molecule has 1 aliphatic heterocycles. The minimum atomic E-state index is -0.0463. The van der Waals surface area contributed by atoms with Gasteiger partial charge in [-0.25, -0.2) is 4.98 Å². The Morgan fingerprint density at radius 1 is 1.67 bits per heavy atom. The fourth-order valence-electron chi connectivity index (χ4n) is 0.837. The number of hydrogen-bond donors (Lipinski definition) is 1. The van der Waals surface area contributed by atoms with Gasteiger partial charge in [0.1, 0.15) is 5.69 Å². The maximum Gasteiger partial charge on any atom is 0.306 e. The van der Waals surface area contributed by atoms with Gasteiger partial charge >= 0.3 is 5.95 Å². The lowest BCUT2D eigenvalue weighted by Gasteiger charge is -1.88. The van der Waals surface area contributed by atoms with Crippen LogP contribution in [-0.2, 0) is 6.42 Å². The maximum atomic E-state index is 8.90. The third-order valence-electron chi connectivity index (χ3n) is 1.26. The molecule has 0 atom stereocenters. The minimum absolute atomic E-state index is 0.0463. The zero-order valence-corrected chi connectivity index (χ0v) is 4.66. The molecule has 0 saturated carbocycles. The predicted octanol–water partition coefficient (Wildman–Crippen LogP) is 0.950. The molecule has 9 heavy (non-hydrogen) atoms. The van der Waals surface area contributed by atoms with Gasteiger partial charge in [-0.05, 0) is 6.08 Å². The summed E-state index contributed by atoms with van der Waals surface area (Å²) in [6, 6.07) is 0. The van der Waals surface area contributed by atoms with Crippen molar-refractivity contribution >= 4 is 6.08 Å². The van der Waals surface area contributed by atoms with Gasteiger partial charge < -0.3 is 9.52 Å². The van der Waals surface area contributed by atoms with E-state index in [1.807, 2.05) is 6.08 Å². The molecule has 1 aromatic rings. The van der Waals surface area contributed by atoms with Crippen molar-refractivity contribution in [1.82, 2.24) is 4.98 Å². The molecule has 0 radical (unpaired) electrons. The van der Waals surface area contributed by atoms with E-state index in [0.29, 0.717) is 18.0 Å². The molecule has 2 heterocycles. The average molecular weight is 123 g/mol. The van der Waals surface area contributed by atoms with Crippen molar-refractivity contribution < 1.29 is 9.52 Å². The van der Waals surface area contributed by atoms with Crippen molar-refractivity contribution in [3.05, 3.63) is 17.7 Å². The summed E-state index contributed by atoms with van der Waals surface area (Å²) < 4.78 is 4.78. The van der Waals surface area contributed by atoms with Gasteiger partial charge in [-0.15, -0.1) is 0 Å². The van der Waals surface area contributed by atoms with E-state index in [9.17, 15) is 0 Å². The lowest BCUT2D eigenvalue weighted by molar-refractivity contribution is 0.327. The SMILES string of the molecule is Oc1oc2nc1CC=C2. The van der Waals surface area contributed by atoms with Crippen LogP contribution in [0, 0.1) is 0 Å². The highest BCUT2D eigenvalue weighted by Crippen LogP contribution is 2.23. The number of rotatable bonds is 0. The Kier molecular flexibility index (Phi) is 0.704. The molecule has 0 aliphatic carbocycles. The van der Waals surface area contributed by atoms with E-state index < -0.39 is 0 Å². The van der Waals surface area contributed by atoms with Crippen molar-refractivity contribution in [3.8, 4) is 5.95 Å². The second kappa shape index (κ2) is 1.37. The largest absolute Gasteiger partial charge is 0.479 e. The number of allylic oxidation sites excluding steroid dienone is 1. The van der Waals surface area contributed by atoms with Gasteiger partial charge in [0, 0.05) is 6.42 Å². The quantitative estimate of drug-likeness (QED) is 0.558. The van der Waals surface area contributed by atoms with Crippen molar-refractivity contribution in [3.63, 3.8) is 0 Å². The molecule has 0 amide bonds. The van der Waals surface area contributed by atoms with E-state index in [2.05, 4.69) is 4.98 Å². The fraction of sp³-hybridized carbons (Fsp3) is 0.167. The molecule has 46 valence electrons. The van der Waals surface area contributed by atoms with Crippen LogP contribution >= 0.6 is 0 Å². The smallest absolute Gasteiger partial charge is 0.306 e. The van der Waals surface area contributed by atoms with Crippen LogP contribution < -0.4 is 0 Å². The molecule has 0 saturated heterocycles. The summed E-state index contributed by atoms with van der Waals surface area (Å²) in [4.78, 5) is 3.91. The van der Waals surface area contributed by atoms with Gasteiger partial charge in [-0.1, -0.05) is 6.08 Å². The first kappa shape index (κ1) is 4.61. The Balaban J connectivity index is 2.65. The van der Waals surface area contributed by atoms with E-state index >= 15 is 0 Å². The van der Waals surface area contributed by atoms with Gasteiger partial charge in [-0.3, -0.25) is 0 Å². The Hall–Kier alpha value is -1.25. The van der Waals surface area contributed by atoms with E-state index in [1.165, 1.54) is 0 Å². The second-order valence-electron chi connectivity index (χ2n) is 1.91. The predicted molar refractivity (Wildman–Crippen MR) is 30.9 cm³/mol. The van der Waals surface area contributed by atoms with Crippen LogP contribution in [-0.4, -0.2) is 10.1 Å². The monoisotopic (exact) mass is 123 g/mol. The number of fused-ring (bicyclic) bond motifs is 2. The molecular weight excluding hydrogens is 118 g/mol. The number of aromatic nitrogens is 1. The van der Waals surface area contributed by atoms with Crippen LogP contribution in [0.15, 0.2) is 10.5 Å². The van der Waals surface area contributed by atoms with Crippen molar-refractivity contribution in [1.29, 1.82) is 0 Å². The number of hydrogen-bond acceptors (Lipinski definition) is 3. The molecule has 1 aromatic heterocycles. The first-order valence-electron chi connectivity index (χ1n) is 2.71. The van der Waals surface area contributed by atoms with E-state index in [-0.39, 0.29) is 5.95 Å². The summed E-state index contributed by atoms with van der Waals surface area (Å²) in [5.74, 6) is 0.448. The molecule has 3 heteroatoms. The zero-order valence-electron chi connectivity index (χ0n) is 4.66. The molecule has 1 N–H and O–H groups in total. The highest BCUT2D eigenvalue weighted by molar-refractivity contribution is 5.44. The Labute approximate surface area is 51.6 Å². The van der Waals surface area contributed by atoms with Gasteiger partial charge in [-0.2, -0.15) is 0 Å². The van der Waals surface area contributed by atoms with Crippen LogP contribution in [0.1, 0.15) is 11.6 Å². The third-order valence-corrected chi connectivity index (χ3v) is 1.26. The Morgan fingerprint density at radius 3 is 3.22 bits per heavy atom. The molecule has 0 unspecified atom stereocenters. The van der Waals surface area contributed by atoms with Gasteiger partial charge in [0.25, 0.3) is 0 Å². The molecular formula is C6H5NO2. The molecule has 0 spiro atoms. The Bertz CT molecular complexity index is 258. The Morgan fingerprint density at radius 2 is 2.56 bits per heavy atom. The molecule has 0 aromatic carbocycles. The number of aromatic hydroxyl groups is 1. The number of nitrogens with zero attached hydrogens (tertiary/aromatic N) is 1. The summed E-state index contributed by atoms with van der Waals surface area (Å²) in [5.41, 5.74) is 0.632. The van der Waals surface area contributed by atoms with Crippen LogP contribution in [0.4, 0.5) is 0 Å². The highest BCUT2D eigenvalue weighted by atomic mass is 16.5. The lowest BCUT2D eigenvalue weighted by atomic mass is 10.3. The summed E-state index contributed by atoms with van der Waals surface area (Å²) in [6.45, 7) is 0. The van der Waals surface area contributed by atoms with Crippen LogP contribution in [0.2, 0.25) is 0 Å². The molecule has 1 aliphatic rings. The van der Waals surface area contributed by atoms with Crippen LogP contribution in [0.3, 0.4) is 0 Å². The molecule has 2 rings (SSSR count). The normalized spacial score (nSPS) is 14.2. The van der Waals surface area contributed by atoms with E-state index in [4.69, 9.17) is 9.52 Å². The lowest BCUT2D eigenvalue weighted by Crippen LogP contribution is -1.85. The van der Waals surface area contributed by atoms with Crippen LogP contribution in [0.25, 0.3) is 6.08 Å². The topological polar surface area (TPSA) is 46.3 Å². The summed E-state index contributed by atoms with van der Waals surface area (Å²) in [7, 11) is 0. The number of oxazole rings is 1. The van der Waals surface area contributed by atoms with Gasteiger partial charge in [0.05, 0.1) is 0 Å². The molecule has 0 fully saturated rings. The maximum absolute atomic E-state index is 8.90. The zero-order chi connectivity index (χ0) is 6.27. The van der Waals surface area contributed by atoms with Crippen molar-refractivity contribution in [2.75, 3.05) is 0 Å². The minimum Gasteiger partial charge on any atom is -0.479 e. The second-order valence-corrected chi connectivity index (χ2v) is 1.91. The van der Waals surface area contributed by atoms with Crippen molar-refractivity contribution in [2.24, 2.45) is 0 Å². The van der Waals surface area contributed by atoms with Gasteiger partial charge in [0.2, 0.25) is 5.89 Å². The van der Waals surface area contributed by atoms with E-state index in [1.54, 1.807) is 6.08 Å². The fourth-order valence-corrected chi connectivity index (χ4v) is 0.837. The highest BCUT2D eigenvalue weighted by Gasteiger charge is 2.11. The third kappa shape index (κ3) is 0.543. The standard InChI is InChI=1S/C6H5NO2/c8-6-4-2-1-3-5(7-4)9-6/h1,3,8H,2H2. The van der Waals surface area contributed by atoms with Gasteiger partial charge in [0.15, 0.2) is 0 Å². The summed E-state index contributed by atoms with van der Waals surface area (Å²) >= 11 is 0. The van der Waals surface area contributed by atoms with Crippen LogP contribution in [0.5, 0.6) is 5.95 Å².